The van der Waals surface area contributed by atoms with Gasteiger partial charge in [0.05, 0.1) is 17.9 Å². The van der Waals surface area contributed by atoms with Gasteiger partial charge in [-0.05, 0) is 18.2 Å². The normalized spacial score (nSPS) is 12.2. The van der Waals surface area contributed by atoms with E-state index in [1.165, 1.54) is 6.33 Å². The van der Waals surface area contributed by atoms with E-state index in [1.54, 1.807) is 28.5 Å². The molecule has 1 N–H and O–H groups in total. The summed E-state index contributed by atoms with van der Waals surface area (Å²) in [5, 5.41) is 14.4. The minimum absolute atomic E-state index is 0.00691. The monoisotopic (exact) mass is 345 g/mol. The Morgan fingerprint density at radius 3 is 3.04 bits per heavy atom. The Morgan fingerprint density at radius 2 is 2.29 bits per heavy atom. The fourth-order valence-corrected chi connectivity index (χ4v) is 3.01. The molecule has 1 aromatic carbocycles. The lowest BCUT2D eigenvalue weighted by atomic mass is 10.1. The van der Waals surface area contributed by atoms with E-state index >= 15 is 0 Å². The summed E-state index contributed by atoms with van der Waals surface area (Å²) in [5.41, 5.74) is 2.03. The van der Waals surface area contributed by atoms with Crippen LogP contribution in [0.5, 0.6) is 0 Å². The first-order chi connectivity index (χ1) is 11.6. The standard InChI is InChI=1S/C15H12ClN5O3/c1-24-6-12-18-14-9-4-8(16)2-3-10(9)20-7-17-13(15(22)23)11(20)5-21(14)19-12/h2-4,7H,5-6H2,1H3,(H,22,23). The van der Waals surface area contributed by atoms with Crippen LogP contribution in [0.2, 0.25) is 5.02 Å². The number of hydrogen-bond acceptors (Lipinski definition) is 5. The molecule has 2 aromatic heterocycles. The van der Waals surface area contributed by atoms with Gasteiger partial charge in [-0.25, -0.2) is 19.4 Å². The van der Waals surface area contributed by atoms with Gasteiger partial charge in [0.25, 0.3) is 0 Å². The van der Waals surface area contributed by atoms with E-state index in [4.69, 9.17) is 16.3 Å². The number of ether oxygens (including phenoxy) is 1. The average Bonchev–Trinajstić information content (AvgIpc) is 3.10. The molecule has 0 amide bonds. The molecule has 3 aromatic rings. The van der Waals surface area contributed by atoms with Gasteiger partial charge in [0.15, 0.2) is 17.3 Å². The number of rotatable bonds is 3. The second kappa shape index (κ2) is 5.43. The van der Waals surface area contributed by atoms with Crippen molar-refractivity contribution in [3.05, 3.63) is 46.8 Å². The van der Waals surface area contributed by atoms with Gasteiger partial charge in [0, 0.05) is 17.7 Å². The Kier molecular flexibility index (Phi) is 3.36. The first-order valence-corrected chi connectivity index (χ1v) is 7.48. The summed E-state index contributed by atoms with van der Waals surface area (Å²) in [6, 6.07) is 5.34. The van der Waals surface area contributed by atoms with Crippen LogP contribution < -0.4 is 0 Å². The van der Waals surface area contributed by atoms with E-state index in [0.717, 1.165) is 11.3 Å². The lowest BCUT2D eigenvalue weighted by molar-refractivity contribution is 0.0689. The lowest BCUT2D eigenvalue weighted by Crippen LogP contribution is -2.10. The number of carbonyl (C=O) groups is 1. The Balaban J connectivity index is 2.01. The number of fused-ring (bicyclic) bond motifs is 5. The summed E-state index contributed by atoms with van der Waals surface area (Å²) in [4.78, 5) is 20.0. The van der Waals surface area contributed by atoms with Gasteiger partial charge in [-0.3, -0.25) is 4.57 Å². The minimum Gasteiger partial charge on any atom is -0.476 e. The zero-order chi connectivity index (χ0) is 16.8. The molecule has 0 atom stereocenters. The van der Waals surface area contributed by atoms with Gasteiger partial charge in [-0.15, -0.1) is 0 Å². The maximum absolute atomic E-state index is 11.5. The van der Waals surface area contributed by atoms with Crippen LogP contribution >= 0.6 is 11.6 Å². The molecule has 122 valence electrons. The lowest BCUT2D eigenvalue weighted by Gasteiger charge is -2.08. The molecule has 0 saturated heterocycles. The number of methoxy groups -OCH3 is 1. The Morgan fingerprint density at radius 1 is 1.46 bits per heavy atom. The highest BCUT2D eigenvalue weighted by Gasteiger charge is 2.27. The molecule has 9 heteroatoms. The first kappa shape index (κ1) is 14.9. The Hall–Kier alpha value is -2.71. The Labute approximate surface area is 141 Å². The highest BCUT2D eigenvalue weighted by Crippen LogP contribution is 2.33. The predicted octanol–water partition coefficient (Wildman–Crippen LogP) is 1.99. The van der Waals surface area contributed by atoms with Crippen LogP contribution in [-0.4, -0.2) is 42.5 Å². The fraction of sp³-hybridized carbons (Fsp3) is 0.200. The number of aromatic nitrogens is 5. The SMILES string of the molecule is COCc1nc2n(n1)Cc1c(C(=O)O)ncn1-c1ccc(Cl)cc1-2. The third-order valence-corrected chi connectivity index (χ3v) is 4.05. The quantitative estimate of drug-likeness (QED) is 0.610. The molecule has 0 aliphatic carbocycles. The smallest absolute Gasteiger partial charge is 0.356 e. The molecule has 1 aliphatic heterocycles. The largest absolute Gasteiger partial charge is 0.476 e. The topological polar surface area (TPSA) is 95.1 Å². The number of imidazole rings is 1. The fourth-order valence-electron chi connectivity index (χ4n) is 2.84. The summed E-state index contributed by atoms with van der Waals surface area (Å²) in [7, 11) is 1.56. The van der Waals surface area contributed by atoms with Gasteiger partial charge >= 0.3 is 5.97 Å². The molecule has 0 bridgehead atoms. The third kappa shape index (κ3) is 2.19. The van der Waals surface area contributed by atoms with Gasteiger partial charge in [-0.1, -0.05) is 11.6 Å². The zero-order valence-corrected chi connectivity index (χ0v) is 13.4. The van der Waals surface area contributed by atoms with Crippen molar-refractivity contribution in [1.82, 2.24) is 24.3 Å². The number of halogens is 1. The van der Waals surface area contributed by atoms with Crippen LogP contribution in [0.1, 0.15) is 22.0 Å². The maximum atomic E-state index is 11.5. The molecule has 24 heavy (non-hydrogen) atoms. The van der Waals surface area contributed by atoms with Crippen LogP contribution in [0, 0.1) is 0 Å². The molecule has 0 saturated carbocycles. The molecule has 0 unspecified atom stereocenters. The minimum atomic E-state index is -1.08. The van der Waals surface area contributed by atoms with Crippen molar-refractivity contribution >= 4 is 17.6 Å². The summed E-state index contributed by atoms with van der Waals surface area (Å²) >= 11 is 6.15. The average molecular weight is 346 g/mol. The van der Waals surface area contributed by atoms with Crippen LogP contribution in [0.15, 0.2) is 24.5 Å². The van der Waals surface area contributed by atoms with Crippen molar-refractivity contribution in [2.75, 3.05) is 7.11 Å². The Bertz CT molecular complexity index is 962. The van der Waals surface area contributed by atoms with Crippen molar-refractivity contribution in [3.8, 4) is 17.1 Å². The number of nitrogens with zero attached hydrogens (tertiary/aromatic N) is 5. The molecular formula is C15H12ClN5O3. The van der Waals surface area contributed by atoms with Gasteiger partial charge < -0.3 is 9.84 Å². The molecule has 1 aliphatic rings. The molecule has 3 heterocycles. The molecule has 4 rings (SSSR count). The van der Waals surface area contributed by atoms with E-state index in [0.29, 0.717) is 22.4 Å². The van der Waals surface area contributed by atoms with Crippen molar-refractivity contribution in [2.24, 2.45) is 0 Å². The molecular weight excluding hydrogens is 334 g/mol. The van der Waals surface area contributed by atoms with E-state index in [-0.39, 0.29) is 18.8 Å². The number of hydrogen-bond donors (Lipinski definition) is 1. The molecule has 0 spiro atoms. The van der Waals surface area contributed by atoms with E-state index in [9.17, 15) is 9.90 Å². The van der Waals surface area contributed by atoms with Crippen LogP contribution in [0.4, 0.5) is 0 Å². The second-order valence-electron chi connectivity index (χ2n) is 5.32. The number of benzene rings is 1. The van der Waals surface area contributed by atoms with Crippen molar-refractivity contribution in [2.45, 2.75) is 13.2 Å². The van der Waals surface area contributed by atoms with Crippen molar-refractivity contribution in [1.29, 1.82) is 0 Å². The number of aromatic carboxylic acids is 1. The first-order valence-electron chi connectivity index (χ1n) is 7.11. The van der Waals surface area contributed by atoms with E-state index < -0.39 is 5.97 Å². The van der Waals surface area contributed by atoms with E-state index in [2.05, 4.69) is 15.1 Å². The van der Waals surface area contributed by atoms with Crippen LogP contribution in [0.25, 0.3) is 17.1 Å². The van der Waals surface area contributed by atoms with E-state index in [1.807, 2.05) is 6.07 Å². The number of carboxylic acid groups (broad SMARTS) is 1. The summed E-state index contributed by atoms with van der Waals surface area (Å²) in [5.74, 6) is 0.0443. The third-order valence-electron chi connectivity index (χ3n) is 3.82. The van der Waals surface area contributed by atoms with Gasteiger partial charge in [0.1, 0.15) is 12.9 Å². The van der Waals surface area contributed by atoms with Crippen molar-refractivity contribution < 1.29 is 14.6 Å². The van der Waals surface area contributed by atoms with Gasteiger partial charge in [0.2, 0.25) is 0 Å². The summed E-state index contributed by atoms with van der Waals surface area (Å²) in [6.07, 6.45) is 1.49. The van der Waals surface area contributed by atoms with Gasteiger partial charge in [-0.2, -0.15) is 5.10 Å². The summed E-state index contributed by atoms with van der Waals surface area (Å²) in [6.45, 7) is 0.501. The van der Waals surface area contributed by atoms with Crippen molar-refractivity contribution in [3.63, 3.8) is 0 Å². The molecule has 0 radical (unpaired) electrons. The predicted molar refractivity (Wildman–Crippen MR) is 84.4 cm³/mol. The van der Waals surface area contributed by atoms with Crippen LogP contribution in [0.3, 0.4) is 0 Å². The number of carboxylic acids is 1. The van der Waals surface area contributed by atoms with Crippen LogP contribution in [-0.2, 0) is 17.9 Å². The summed E-state index contributed by atoms with van der Waals surface area (Å²) < 4.78 is 8.48. The highest BCUT2D eigenvalue weighted by atomic mass is 35.5. The highest BCUT2D eigenvalue weighted by molar-refractivity contribution is 6.31. The molecule has 8 nitrogen and oxygen atoms in total. The molecule has 0 fully saturated rings. The maximum Gasteiger partial charge on any atom is 0.356 e. The second-order valence-corrected chi connectivity index (χ2v) is 5.76. The zero-order valence-electron chi connectivity index (χ0n) is 12.6.